The van der Waals surface area contributed by atoms with Crippen LogP contribution in [0.5, 0.6) is 0 Å². The van der Waals surface area contributed by atoms with Gasteiger partial charge < -0.3 is 10.2 Å². The van der Waals surface area contributed by atoms with E-state index in [1.807, 2.05) is 11.8 Å². The molecule has 1 aromatic carbocycles. The van der Waals surface area contributed by atoms with E-state index in [0.717, 1.165) is 57.4 Å². The second-order valence-electron chi connectivity index (χ2n) is 8.09. The number of carbonyl (C=O) groups is 1. The van der Waals surface area contributed by atoms with Crippen LogP contribution in [0.4, 0.5) is 0 Å². The highest BCUT2D eigenvalue weighted by atomic mass is 35.5. The Morgan fingerprint density at radius 3 is 2.52 bits per heavy atom. The summed E-state index contributed by atoms with van der Waals surface area (Å²) in [5, 5.41) is 3.44. The molecular weight excluding hydrogens is 386 g/mol. The third-order valence-corrected chi connectivity index (χ3v) is 7.61. The van der Waals surface area contributed by atoms with E-state index in [1.54, 1.807) is 18.2 Å². The molecule has 150 valence electrons. The largest absolute Gasteiger partial charge is 0.339 e. The molecule has 1 saturated carbocycles. The summed E-state index contributed by atoms with van der Waals surface area (Å²) in [5.74, 6) is -0.0493. The van der Waals surface area contributed by atoms with Crippen LogP contribution in [-0.4, -0.2) is 51.4 Å². The second-order valence-corrected chi connectivity index (χ2v) is 9.81. The van der Waals surface area contributed by atoms with Gasteiger partial charge in [0.2, 0.25) is 10.0 Å². The van der Waals surface area contributed by atoms with Gasteiger partial charge in [-0.1, -0.05) is 6.07 Å². The Morgan fingerprint density at radius 1 is 1.22 bits per heavy atom. The van der Waals surface area contributed by atoms with Crippen molar-refractivity contribution in [3.8, 4) is 0 Å². The third-order valence-electron chi connectivity index (χ3n) is 6.09. The number of likely N-dealkylation sites (tertiary alicyclic amines) is 1. The number of benzene rings is 1. The molecule has 3 aliphatic rings. The van der Waals surface area contributed by atoms with Crippen LogP contribution in [-0.2, 0) is 10.0 Å². The monoisotopic (exact) mass is 413 g/mol. The van der Waals surface area contributed by atoms with Crippen molar-refractivity contribution < 1.29 is 13.2 Å². The Labute approximate surface area is 167 Å². The Bertz CT molecular complexity index is 807. The number of amides is 1. The first-order valence-corrected chi connectivity index (χ1v) is 11.0. The Kier molecular flexibility index (Phi) is 5.87. The number of nitrogens with one attached hydrogen (secondary N) is 2. The molecule has 2 N–H and O–H groups in total. The second kappa shape index (κ2) is 7.70. The van der Waals surface area contributed by atoms with Gasteiger partial charge in [-0.05, 0) is 68.7 Å². The fraction of sp³-hybridized carbons (Fsp3) is 0.632. The van der Waals surface area contributed by atoms with E-state index in [4.69, 9.17) is 0 Å². The molecule has 1 aromatic rings. The van der Waals surface area contributed by atoms with Crippen LogP contribution in [0.2, 0.25) is 0 Å². The molecule has 3 fully saturated rings. The molecule has 4 rings (SSSR count). The van der Waals surface area contributed by atoms with E-state index < -0.39 is 10.0 Å². The van der Waals surface area contributed by atoms with Crippen LogP contribution in [0, 0.1) is 12.3 Å². The lowest BCUT2D eigenvalue weighted by Gasteiger charge is -2.39. The summed E-state index contributed by atoms with van der Waals surface area (Å²) in [4.78, 5) is 15.1. The molecule has 6 nitrogen and oxygen atoms in total. The Morgan fingerprint density at radius 2 is 1.93 bits per heavy atom. The van der Waals surface area contributed by atoms with Gasteiger partial charge in [0.15, 0.2) is 0 Å². The minimum Gasteiger partial charge on any atom is -0.339 e. The third kappa shape index (κ3) is 4.31. The number of rotatable bonds is 4. The first-order valence-electron chi connectivity index (χ1n) is 9.52. The number of sulfonamides is 1. The van der Waals surface area contributed by atoms with E-state index in [1.165, 1.54) is 6.42 Å². The Balaban J connectivity index is 0.00000210. The first kappa shape index (κ1) is 20.6. The smallest absolute Gasteiger partial charge is 0.254 e. The molecular formula is C19H28ClN3O3S. The van der Waals surface area contributed by atoms with Gasteiger partial charge >= 0.3 is 0 Å². The van der Waals surface area contributed by atoms with E-state index >= 15 is 0 Å². The molecule has 0 atom stereocenters. The van der Waals surface area contributed by atoms with Crippen molar-refractivity contribution in [3.05, 3.63) is 29.3 Å². The fourth-order valence-electron chi connectivity index (χ4n) is 4.06. The number of hydrogen-bond acceptors (Lipinski definition) is 4. The van der Waals surface area contributed by atoms with Crippen molar-refractivity contribution in [2.24, 2.45) is 5.41 Å². The minimum absolute atomic E-state index is 0. The molecule has 1 amide bonds. The topological polar surface area (TPSA) is 78.5 Å². The SMILES string of the molecule is Cc1ccc(S(=O)(=O)NC2CC2)cc1C(=O)N1CCC2(CCNC2)CC1.Cl. The van der Waals surface area contributed by atoms with Gasteiger partial charge in [-0.15, -0.1) is 12.4 Å². The maximum atomic E-state index is 13.0. The van der Waals surface area contributed by atoms with Crippen LogP contribution < -0.4 is 10.0 Å². The summed E-state index contributed by atoms with van der Waals surface area (Å²) < 4.78 is 27.6. The highest BCUT2D eigenvalue weighted by Gasteiger charge is 2.38. The lowest BCUT2D eigenvalue weighted by atomic mass is 9.77. The molecule has 0 unspecified atom stereocenters. The summed E-state index contributed by atoms with van der Waals surface area (Å²) in [6.45, 7) is 5.48. The van der Waals surface area contributed by atoms with Crippen LogP contribution in [0.15, 0.2) is 23.1 Å². The summed E-state index contributed by atoms with van der Waals surface area (Å²) in [7, 11) is -3.55. The molecule has 27 heavy (non-hydrogen) atoms. The average Bonchev–Trinajstić information content (AvgIpc) is 3.31. The number of piperidine rings is 1. The zero-order chi connectivity index (χ0) is 18.4. The molecule has 1 spiro atoms. The average molecular weight is 414 g/mol. The molecule has 2 aliphatic heterocycles. The molecule has 2 heterocycles. The maximum absolute atomic E-state index is 13.0. The highest BCUT2D eigenvalue weighted by Crippen LogP contribution is 2.37. The van der Waals surface area contributed by atoms with Crippen molar-refractivity contribution in [2.45, 2.75) is 50.0 Å². The van der Waals surface area contributed by atoms with Gasteiger partial charge in [0.25, 0.3) is 5.91 Å². The standard InChI is InChI=1S/C19H27N3O3S.ClH/c1-14-2-5-16(26(24,25)21-15-3-4-15)12-17(14)18(23)22-10-7-19(8-11-22)6-9-20-13-19;/h2,5,12,15,20-21H,3-4,6-11,13H2,1H3;1H. The predicted molar refractivity (Wildman–Crippen MR) is 107 cm³/mol. The van der Waals surface area contributed by atoms with Crippen molar-refractivity contribution in [1.82, 2.24) is 14.9 Å². The van der Waals surface area contributed by atoms with E-state index in [2.05, 4.69) is 10.0 Å². The normalized spacial score (nSPS) is 21.9. The van der Waals surface area contributed by atoms with Gasteiger partial charge in [-0.2, -0.15) is 0 Å². The summed E-state index contributed by atoms with van der Waals surface area (Å²) in [6, 6.07) is 4.93. The van der Waals surface area contributed by atoms with Crippen LogP contribution >= 0.6 is 12.4 Å². The highest BCUT2D eigenvalue weighted by molar-refractivity contribution is 7.89. The van der Waals surface area contributed by atoms with E-state index in [0.29, 0.717) is 11.0 Å². The molecule has 1 aliphatic carbocycles. The van der Waals surface area contributed by atoms with Gasteiger partial charge in [0.1, 0.15) is 0 Å². The minimum atomic E-state index is -3.55. The summed E-state index contributed by atoms with van der Waals surface area (Å²) in [6.07, 6.45) is 5.01. The maximum Gasteiger partial charge on any atom is 0.254 e. The first-order chi connectivity index (χ1) is 12.4. The molecule has 0 radical (unpaired) electrons. The van der Waals surface area contributed by atoms with Crippen LogP contribution in [0.25, 0.3) is 0 Å². The van der Waals surface area contributed by atoms with E-state index in [9.17, 15) is 13.2 Å². The zero-order valence-electron chi connectivity index (χ0n) is 15.7. The number of hydrogen-bond donors (Lipinski definition) is 2. The summed E-state index contributed by atoms with van der Waals surface area (Å²) >= 11 is 0. The predicted octanol–water partition coefficient (Wildman–Crippen LogP) is 2.07. The van der Waals surface area contributed by atoms with Crippen molar-refractivity contribution >= 4 is 28.3 Å². The number of aryl methyl sites for hydroxylation is 1. The van der Waals surface area contributed by atoms with Crippen molar-refractivity contribution in [1.29, 1.82) is 0 Å². The Hall–Kier alpha value is -1.15. The van der Waals surface area contributed by atoms with Gasteiger partial charge in [-0.25, -0.2) is 13.1 Å². The number of halogens is 1. The van der Waals surface area contributed by atoms with E-state index in [-0.39, 0.29) is 29.3 Å². The molecule has 0 bridgehead atoms. The molecule has 0 aromatic heterocycles. The molecule has 8 heteroatoms. The lowest BCUT2D eigenvalue weighted by Crippen LogP contribution is -2.44. The zero-order valence-corrected chi connectivity index (χ0v) is 17.3. The number of nitrogens with zero attached hydrogens (tertiary/aromatic N) is 1. The lowest BCUT2D eigenvalue weighted by molar-refractivity contribution is 0.0606. The van der Waals surface area contributed by atoms with Crippen molar-refractivity contribution in [3.63, 3.8) is 0 Å². The number of carbonyl (C=O) groups excluding carboxylic acids is 1. The van der Waals surface area contributed by atoms with Crippen molar-refractivity contribution in [2.75, 3.05) is 26.2 Å². The van der Waals surface area contributed by atoms with Gasteiger partial charge in [0.05, 0.1) is 4.90 Å². The molecule has 2 saturated heterocycles. The summed E-state index contributed by atoms with van der Waals surface area (Å²) in [5.41, 5.74) is 1.68. The van der Waals surface area contributed by atoms with Gasteiger partial charge in [-0.3, -0.25) is 4.79 Å². The van der Waals surface area contributed by atoms with Crippen LogP contribution in [0.3, 0.4) is 0 Å². The quantitative estimate of drug-likeness (QED) is 0.792. The fourth-order valence-corrected chi connectivity index (χ4v) is 5.39. The van der Waals surface area contributed by atoms with Gasteiger partial charge in [0, 0.05) is 31.2 Å². The van der Waals surface area contributed by atoms with Crippen LogP contribution in [0.1, 0.15) is 48.0 Å².